The van der Waals surface area contributed by atoms with Crippen molar-refractivity contribution >= 4 is 11.7 Å². The Morgan fingerprint density at radius 3 is 2.33 bits per heavy atom. The van der Waals surface area contributed by atoms with Crippen LogP contribution in [0.25, 0.3) is 0 Å². The van der Waals surface area contributed by atoms with E-state index in [1.54, 1.807) is 13.0 Å². The van der Waals surface area contributed by atoms with Crippen LogP contribution in [0.2, 0.25) is 0 Å². The molecule has 0 bridgehead atoms. The summed E-state index contributed by atoms with van der Waals surface area (Å²) in [6, 6.07) is 0. The highest BCUT2D eigenvalue weighted by atomic mass is 15.3. The zero-order valence-electron chi connectivity index (χ0n) is 5.33. The van der Waals surface area contributed by atoms with Crippen molar-refractivity contribution in [2.75, 3.05) is 0 Å². The van der Waals surface area contributed by atoms with Crippen molar-refractivity contribution in [3.05, 3.63) is 12.7 Å². The molecule has 0 aliphatic carbocycles. The SMILES string of the molecule is C=C/C(C)=N/N=C(N)N. The highest BCUT2D eigenvalue weighted by Gasteiger charge is 1.77. The maximum atomic E-state index is 4.98. The van der Waals surface area contributed by atoms with E-state index in [0.717, 1.165) is 0 Å². The Hall–Kier alpha value is -1.32. The quantitative estimate of drug-likeness (QED) is 0.306. The van der Waals surface area contributed by atoms with E-state index in [4.69, 9.17) is 11.5 Å². The lowest BCUT2D eigenvalue weighted by molar-refractivity contribution is 1.20. The molecule has 0 rings (SSSR count). The highest BCUT2D eigenvalue weighted by molar-refractivity contribution is 5.92. The molecule has 0 aromatic rings. The summed E-state index contributed by atoms with van der Waals surface area (Å²) < 4.78 is 0. The molecule has 0 radical (unpaired) electrons. The summed E-state index contributed by atoms with van der Waals surface area (Å²) in [6.45, 7) is 5.21. The minimum absolute atomic E-state index is 0.0452. The predicted octanol–water partition coefficient (Wildman–Crippen LogP) is -0.178. The first-order chi connectivity index (χ1) is 4.16. The van der Waals surface area contributed by atoms with Gasteiger partial charge in [-0.1, -0.05) is 6.58 Å². The summed E-state index contributed by atoms with van der Waals surface area (Å²) in [5, 5.41) is 6.96. The Kier molecular flexibility index (Phi) is 3.12. The Bertz CT molecular complexity index is 152. The lowest BCUT2D eigenvalue weighted by atomic mass is 10.4. The van der Waals surface area contributed by atoms with E-state index >= 15 is 0 Å². The largest absolute Gasteiger partial charge is 0.369 e. The van der Waals surface area contributed by atoms with Crippen molar-refractivity contribution in [2.45, 2.75) is 6.92 Å². The van der Waals surface area contributed by atoms with E-state index in [-0.39, 0.29) is 5.96 Å². The minimum Gasteiger partial charge on any atom is -0.369 e. The maximum absolute atomic E-state index is 4.98. The maximum Gasteiger partial charge on any atom is 0.211 e. The van der Waals surface area contributed by atoms with Crippen LogP contribution in [0.1, 0.15) is 6.92 Å². The molecule has 0 saturated carbocycles. The van der Waals surface area contributed by atoms with E-state index in [2.05, 4.69) is 16.8 Å². The van der Waals surface area contributed by atoms with Crippen LogP contribution in [0.15, 0.2) is 22.9 Å². The molecule has 4 N–H and O–H groups in total. The second kappa shape index (κ2) is 3.65. The molecule has 0 aromatic carbocycles. The molecular weight excluding hydrogens is 116 g/mol. The molecule has 0 aliphatic rings. The lowest BCUT2D eigenvalue weighted by Gasteiger charge is -1.85. The average Bonchev–Trinajstić information content (AvgIpc) is 1.83. The van der Waals surface area contributed by atoms with Gasteiger partial charge in [-0.15, -0.1) is 5.10 Å². The molecule has 0 spiro atoms. The van der Waals surface area contributed by atoms with Gasteiger partial charge in [-0.05, 0) is 13.0 Å². The minimum atomic E-state index is -0.0452. The van der Waals surface area contributed by atoms with Crippen LogP contribution in [0.5, 0.6) is 0 Å². The molecule has 9 heavy (non-hydrogen) atoms. The zero-order chi connectivity index (χ0) is 7.28. The second-order valence-corrected chi connectivity index (χ2v) is 1.47. The third-order valence-corrected chi connectivity index (χ3v) is 0.619. The molecule has 0 aliphatic heterocycles. The van der Waals surface area contributed by atoms with Crippen LogP contribution in [-0.2, 0) is 0 Å². The van der Waals surface area contributed by atoms with Crippen LogP contribution < -0.4 is 11.5 Å². The summed E-state index contributed by atoms with van der Waals surface area (Å²) in [7, 11) is 0. The smallest absolute Gasteiger partial charge is 0.211 e. The van der Waals surface area contributed by atoms with Gasteiger partial charge >= 0.3 is 0 Å². The van der Waals surface area contributed by atoms with Gasteiger partial charge in [-0.3, -0.25) is 0 Å². The van der Waals surface area contributed by atoms with Crippen LogP contribution in [0.4, 0.5) is 0 Å². The number of nitrogens with zero attached hydrogens (tertiary/aromatic N) is 2. The van der Waals surface area contributed by atoms with E-state index in [1.807, 2.05) is 0 Å². The Labute approximate surface area is 53.9 Å². The van der Waals surface area contributed by atoms with Gasteiger partial charge in [0, 0.05) is 0 Å². The fraction of sp³-hybridized carbons (Fsp3) is 0.200. The number of hydrogen-bond donors (Lipinski definition) is 2. The van der Waals surface area contributed by atoms with Crippen molar-refractivity contribution in [2.24, 2.45) is 21.7 Å². The van der Waals surface area contributed by atoms with Gasteiger partial charge in [0.2, 0.25) is 5.96 Å². The monoisotopic (exact) mass is 126 g/mol. The summed E-state index contributed by atoms with van der Waals surface area (Å²) in [5.41, 5.74) is 10.6. The molecule has 0 heterocycles. The van der Waals surface area contributed by atoms with E-state index in [0.29, 0.717) is 5.71 Å². The molecule has 50 valence electrons. The van der Waals surface area contributed by atoms with Crippen LogP contribution in [-0.4, -0.2) is 11.7 Å². The first-order valence-corrected chi connectivity index (χ1v) is 2.42. The highest BCUT2D eigenvalue weighted by Crippen LogP contribution is 1.77. The normalized spacial score (nSPS) is 10.6. The zero-order valence-corrected chi connectivity index (χ0v) is 5.33. The number of guanidine groups is 1. The van der Waals surface area contributed by atoms with Gasteiger partial charge in [0.05, 0.1) is 5.71 Å². The van der Waals surface area contributed by atoms with Crippen molar-refractivity contribution in [3.8, 4) is 0 Å². The van der Waals surface area contributed by atoms with Gasteiger partial charge in [-0.25, -0.2) is 0 Å². The standard InChI is InChI=1S/C5H10N4/c1-3-4(2)8-9-5(6)7/h3H,1H2,2H3,(H4,6,7,9)/b8-4+. The Morgan fingerprint density at radius 1 is 1.44 bits per heavy atom. The molecule has 0 unspecified atom stereocenters. The summed E-state index contributed by atoms with van der Waals surface area (Å²) in [5.74, 6) is -0.0452. The summed E-state index contributed by atoms with van der Waals surface area (Å²) in [4.78, 5) is 0. The molecule has 0 amide bonds. The van der Waals surface area contributed by atoms with Crippen molar-refractivity contribution in [1.29, 1.82) is 0 Å². The van der Waals surface area contributed by atoms with Crippen molar-refractivity contribution in [3.63, 3.8) is 0 Å². The molecule has 0 aromatic heterocycles. The fourth-order valence-corrected chi connectivity index (χ4v) is 0.177. The van der Waals surface area contributed by atoms with Gasteiger partial charge < -0.3 is 11.5 Å². The predicted molar refractivity (Wildman–Crippen MR) is 39.1 cm³/mol. The molecule has 4 heteroatoms. The Morgan fingerprint density at radius 2 is 2.00 bits per heavy atom. The van der Waals surface area contributed by atoms with Gasteiger partial charge in [0.15, 0.2) is 0 Å². The summed E-state index contributed by atoms with van der Waals surface area (Å²) >= 11 is 0. The average molecular weight is 126 g/mol. The number of rotatable bonds is 2. The van der Waals surface area contributed by atoms with Crippen LogP contribution >= 0.6 is 0 Å². The van der Waals surface area contributed by atoms with E-state index < -0.39 is 0 Å². The van der Waals surface area contributed by atoms with Crippen molar-refractivity contribution in [1.82, 2.24) is 0 Å². The van der Waals surface area contributed by atoms with E-state index in [9.17, 15) is 0 Å². The molecule has 0 atom stereocenters. The van der Waals surface area contributed by atoms with E-state index in [1.165, 1.54) is 0 Å². The lowest BCUT2D eigenvalue weighted by Crippen LogP contribution is -2.21. The first-order valence-electron chi connectivity index (χ1n) is 2.42. The first kappa shape index (κ1) is 7.68. The topological polar surface area (TPSA) is 76.8 Å². The van der Waals surface area contributed by atoms with Crippen LogP contribution in [0.3, 0.4) is 0 Å². The second-order valence-electron chi connectivity index (χ2n) is 1.47. The molecular formula is C5H10N4. The van der Waals surface area contributed by atoms with Crippen molar-refractivity contribution < 1.29 is 0 Å². The summed E-state index contributed by atoms with van der Waals surface area (Å²) in [6.07, 6.45) is 1.56. The van der Waals surface area contributed by atoms with Gasteiger partial charge in [0.25, 0.3) is 0 Å². The Balaban J connectivity index is 3.98. The van der Waals surface area contributed by atoms with Crippen LogP contribution in [0, 0.1) is 0 Å². The van der Waals surface area contributed by atoms with Gasteiger partial charge in [0.1, 0.15) is 0 Å². The molecule has 0 saturated heterocycles. The molecule has 4 nitrogen and oxygen atoms in total. The van der Waals surface area contributed by atoms with Gasteiger partial charge in [-0.2, -0.15) is 5.10 Å². The third-order valence-electron chi connectivity index (χ3n) is 0.619. The number of nitrogens with two attached hydrogens (primary N) is 2. The fourth-order valence-electron chi connectivity index (χ4n) is 0.177. The number of allylic oxidation sites excluding steroid dienone is 1. The molecule has 0 fully saturated rings. The number of hydrogen-bond acceptors (Lipinski definition) is 2. The third kappa shape index (κ3) is 4.53.